The van der Waals surface area contributed by atoms with Gasteiger partial charge in [-0.3, -0.25) is 9.59 Å². The number of benzene rings is 3. The highest BCUT2D eigenvalue weighted by Gasteiger charge is 2.31. The lowest BCUT2D eigenvalue weighted by molar-refractivity contribution is -0.127. The first kappa shape index (κ1) is 23.6. The summed E-state index contributed by atoms with van der Waals surface area (Å²) in [5.74, 6) is -0.722. The highest BCUT2D eigenvalue weighted by atomic mass is 35.5. The number of nitrogens with one attached hydrogen (secondary N) is 1. The van der Waals surface area contributed by atoms with Crippen LogP contribution in [-0.2, 0) is 16.0 Å². The fourth-order valence-corrected chi connectivity index (χ4v) is 4.31. The van der Waals surface area contributed by atoms with E-state index in [9.17, 15) is 9.59 Å². The molecular weight excluding hydrogens is 473 g/mol. The molecule has 9 heteroatoms. The molecular formula is C25H23Cl2N5O2. The topological polar surface area (TPSA) is 114 Å². The molecule has 174 valence electrons. The van der Waals surface area contributed by atoms with E-state index in [0.29, 0.717) is 50.4 Å². The molecule has 3 aromatic carbocycles. The van der Waals surface area contributed by atoms with Gasteiger partial charge in [0, 0.05) is 46.0 Å². The minimum absolute atomic E-state index is 0.118. The minimum atomic E-state index is -1.14. The standard InChI is InChI=1S/C25H23Cl2N5O2/c1-32-21-10-9-16(28)13-18(21)23(17-4-2-3-5-20(17)29)31-24(25(32)34)30-22(33)11-7-14-6-8-15(26)12-19(14)27/h2-6,8-10,12-13,24H,7,11,28-29H2,1H3,(H,30,33)/t24-/m1/s1. The molecule has 0 radical (unpaired) electrons. The van der Waals surface area contributed by atoms with Crippen molar-refractivity contribution in [3.05, 3.63) is 87.4 Å². The number of carbonyl (C=O) groups is 2. The summed E-state index contributed by atoms with van der Waals surface area (Å²) in [4.78, 5) is 32.2. The molecule has 4 rings (SSSR count). The first-order valence-corrected chi connectivity index (χ1v) is 11.3. The Labute approximate surface area is 207 Å². The molecule has 0 fully saturated rings. The van der Waals surface area contributed by atoms with Gasteiger partial charge in [-0.2, -0.15) is 0 Å². The van der Waals surface area contributed by atoms with Crippen LogP contribution in [0.5, 0.6) is 0 Å². The van der Waals surface area contributed by atoms with Gasteiger partial charge < -0.3 is 21.7 Å². The lowest BCUT2D eigenvalue weighted by atomic mass is 9.98. The van der Waals surface area contributed by atoms with Crippen LogP contribution in [0.3, 0.4) is 0 Å². The van der Waals surface area contributed by atoms with Crippen LogP contribution in [0.4, 0.5) is 17.1 Å². The number of nitrogens with two attached hydrogens (primary N) is 2. The van der Waals surface area contributed by atoms with Crippen molar-refractivity contribution in [1.82, 2.24) is 5.32 Å². The quantitative estimate of drug-likeness (QED) is 0.463. The van der Waals surface area contributed by atoms with Crippen LogP contribution >= 0.6 is 23.2 Å². The van der Waals surface area contributed by atoms with Gasteiger partial charge in [0.2, 0.25) is 12.1 Å². The summed E-state index contributed by atoms with van der Waals surface area (Å²) in [5.41, 5.74) is 16.5. The van der Waals surface area contributed by atoms with Crippen molar-refractivity contribution < 1.29 is 9.59 Å². The molecule has 34 heavy (non-hydrogen) atoms. The highest BCUT2D eigenvalue weighted by Crippen LogP contribution is 2.30. The lowest BCUT2D eigenvalue weighted by Crippen LogP contribution is -2.46. The summed E-state index contributed by atoms with van der Waals surface area (Å²) >= 11 is 12.2. The van der Waals surface area contributed by atoms with E-state index in [0.717, 1.165) is 5.56 Å². The molecule has 0 bridgehead atoms. The maximum absolute atomic E-state index is 13.3. The minimum Gasteiger partial charge on any atom is -0.399 e. The molecule has 0 unspecified atom stereocenters. The van der Waals surface area contributed by atoms with Gasteiger partial charge in [0.25, 0.3) is 5.91 Å². The fourth-order valence-electron chi connectivity index (χ4n) is 3.81. The van der Waals surface area contributed by atoms with Gasteiger partial charge in [-0.15, -0.1) is 0 Å². The van der Waals surface area contributed by atoms with E-state index in [4.69, 9.17) is 34.7 Å². The summed E-state index contributed by atoms with van der Waals surface area (Å²) in [6, 6.07) is 17.6. The second kappa shape index (κ2) is 9.75. The number of likely N-dealkylation sites (N-methyl/N-ethyl adjacent to an activating group) is 1. The number of amides is 2. The number of hydrogen-bond acceptors (Lipinski definition) is 5. The van der Waals surface area contributed by atoms with E-state index < -0.39 is 6.17 Å². The van der Waals surface area contributed by atoms with Crippen molar-refractivity contribution in [3.8, 4) is 0 Å². The largest absolute Gasteiger partial charge is 0.399 e. The van der Waals surface area contributed by atoms with E-state index in [1.54, 1.807) is 49.5 Å². The third-order valence-corrected chi connectivity index (χ3v) is 6.20. The first-order valence-electron chi connectivity index (χ1n) is 10.6. The van der Waals surface area contributed by atoms with Crippen LogP contribution in [0.2, 0.25) is 10.0 Å². The van der Waals surface area contributed by atoms with Crippen LogP contribution in [0.1, 0.15) is 23.1 Å². The number of nitrogen functional groups attached to an aromatic ring is 2. The number of fused-ring (bicyclic) bond motifs is 1. The van der Waals surface area contributed by atoms with Crippen molar-refractivity contribution in [1.29, 1.82) is 0 Å². The molecule has 5 N–H and O–H groups in total. The SMILES string of the molecule is CN1C(=O)[C@H](NC(=O)CCc2ccc(Cl)cc2Cl)N=C(c2ccccc2N)c2cc(N)ccc21. The number of aliphatic imine (C=N–C) groups is 1. The second-order valence-corrected chi connectivity index (χ2v) is 8.79. The number of para-hydroxylation sites is 1. The maximum Gasteiger partial charge on any atom is 0.272 e. The Hall–Kier alpha value is -3.55. The molecule has 0 saturated carbocycles. The number of halogens is 2. The molecule has 3 aromatic rings. The zero-order valence-electron chi connectivity index (χ0n) is 18.4. The molecule has 1 aliphatic rings. The Kier molecular flexibility index (Phi) is 6.77. The molecule has 7 nitrogen and oxygen atoms in total. The lowest BCUT2D eigenvalue weighted by Gasteiger charge is -2.21. The molecule has 1 aliphatic heterocycles. The number of rotatable bonds is 5. The predicted octanol–water partition coefficient (Wildman–Crippen LogP) is 4.05. The normalized spacial score (nSPS) is 15.4. The Morgan fingerprint density at radius 1 is 1.06 bits per heavy atom. The van der Waals surface area contributed by atoms with Gasteiger partial charge in [-0.1, -0.05) is 47.5 Å². The van der Waals surface area contributed by atoms with Gasteiger partial charge in [0.05, 0.1) is 11.4 Å². The van der Waals surface area contributed by atoms with Crippen molar-refractivity contribution >= 4 is 57.8 Å². The third kappa shape index (κ3) is 4.85. The van der Waals surface area contributed by atoms with Gasteiger partial charge >= 0.3 is 0 Å². The number of hydrogen-bond donors (Lipinski definition) is 3. The highest BCUT2D eigenvalue weighted by molar-refractivity contribution is 6.35. The molecule has 1 heterocycles. The summed E-state index contributed by atoms with van der Waals surface area (Å²) in [5, 5.41) is 3.76. The van der Waals surface area contributed by atoms with E-state index in [-0.39, 0.29) is 18.2 Å². The zero-order chi connectivity index (χ0) is 24.4. The van der Waals surface area contributed by atoms with Crippen molar-refractivity contribution in [3.63, 3.8) is 0 Å². The Balaban J connectivity index is 1.66. The summed E-state index contributed by atoms with van der Waals surface area (Å²) in [6.45, 7) is 0. The molecule has 1 atom stereocenters. The van der Waals surface area contributed by atoms with E-state index in [1.807, 2.05) is 18.2 Å². The Bertz CT molecular complexity index is 1310. The number of carbonyl (C=O) groups excluding carboxylic acids is 2. The summed E-state index contributed by atoms with van der Waals surface area (Å²) in [7, 11) is 1.64. The van der Waals surface area contributed by atoms with E-state index in [1.165, 1.54) is 4.90 Å². The van der Waals surface area contributed by atoms with Crippen LogP contribution in [0.25, 0.3) is 0 Å². The average Bonchev–Trinajstić information content (AvgIpc) is 2.89. The molecule has 0 saturated heterocycles. The predicted molar refractivity (Wildman–Crippen MR) is 137 cm³/mol. The second-order valence-electron chi connectivity index (χ2n) is 7.94. The smallest absolute Gasteiger partial charge is 0.272 e. The van der Waals surface area contributed by atoms with Gasteiger partial charge in [-0.05, 0) is 48.4 Å². The van der Waals surface area contributed by atoms with Gasteiger partial charge in [-0.25, -0.2) is 4.99 Å². The van der Waals surface area contributed by atoms with Crippen LogP contribution in [0, 0.1) is 0 Å². The summed E-state index contributed by atoms with van der Waals surface area (Å²) < 4.78 is 0. The number of benzodiazepines with no additional fused rings is 1. The number of anilines is 3. The first-order chi connectivity index (χ1) is 16.2. The van der Waals surface area contributed by atoms with E-state index in [2.05, 4.69) is 10.3 Å². The molecule has 0 aromatic heterocycles. The van der Waals surface area contributed by atoms with E-state index >= 15 is 0 Å². The van der Waals surface area contributed by atoms with Crippen molar-refractivity contribution in [2.45, 2.75) is 19.0 Å². The van der Waals surface area contributed by atoms with Crippen LogP contribution in [-0.4, -0.2) is 30.7 Å². The molecule has 2 amide bonds. The third-order valence-electron chi connectivity index (χ3n) is 5.61. The molecule has 0 spiro atoms. The van der Waals surface area contributed by atoms with Crippen LogP contribution < -0.4 is 21.7 Å². The van der Waals surface area contributed by atoms with Crippen molar-refractivity contribution in [2.75, 3.05) is 23.4 Å². The van der Waals surface area contributed by atoms with Gasteiger partial charge in [0.1, 0.15) is 0 Å². The number of aryl methyl sites for hydroxylation is 1. The zero-order valence-corrected chi connectivity index (χ0v) is 19.9. The Morgan fingerprint density at radius 2 is 1.82 bits per heavy atom. The molecule has 0 aliphatic carbocycles. The number of nitrogens with zero attached hydrogens (tertiary/aromatic N) is 2. The van der Waals surface area contributed by atoms with Gasteiger partial charge in [0.15, 0.2) is 0 Å². The average molecular weight is 496 g/mol. The Morgan fingerprint density at radius 3 is 2.56 bits per heavy atom. The van der Waals surface area contributed by atoms with Crippen LogP contribution in [0.15, 0.2) is 65.7 Å². The maximum atomic E-state index is 13.3. The fraction of sp³-hybridized carbons (Fsp3) is 0.160. The summed E-state index contributed by atoms with van der Waals surface area (Å²) in [6.07, 6.45) is -0.633. The van der Waals surface area contributed by atoms with Crippen molar-refractivity contribution in [2.24, 2.45) is 4.99 Å². The monoisotopic (exact) mass is 495 g/mol.